The van der Waals surface area contributed by atoms with Crippen molar-refractivity contribution in [3.05, 3.63) is 114 Å². The zero-order valence-corrected chi connectivity index (χ0v) is 20.1. The molecule has 2 amide bonds. The fraction of sp³-hybridized carbons (Fsp3) is 0.156. The third-order valence-electron chi connectivity index (χ3n) is 8.02. The number of fused-ring (bicyclic) bond motifs is 7. The molecular weight excluding hydrogens is 462 g/mol. The molecule has 37 heavy (non-hydrogen) atoms. The molecular formula is C32H23NO4. The number of hydrogen-bond acceptors (Lipinski definition) is 4. The van der Waals surface area contributed by atoms with E-state index in [4.69, 9.17) is 4.74 Å². The van der Waals surface area contributed by atoms with Gasteiger partial charge in [0.1, 0.15) is 5.75 Å². The fourth-order valence-electron chi connectivity index (χ4n) is 6.38. The maximum absolute atomic E-state index is 14.1. The SMILES string of the molecule is Cc1ccccc1N1C(=O)[C@@H]2[C@@H]3C(=O)Oc4ccc5ccccc5c4C3=C[C@H](c3ccccc3)[C@@H]2C1=O. The lowest BCUT2D eigenvalue weighted by Crippen LogP contribution is -2.42. The molecule has 1 saturated heterocycles. The maximum atomic E-state index is 14.1. The normalized spacial score (nSPS) is 24.3. The third kappa shape index (κ3) is 3.07. The molecule has 0 saturated carbocycles. The summed E-state index contributed by atoms with van der Waals surface area (Å²) in [5.41, 5.74) is 3.93. The van der Waals surface area contributed by atoms with Crippen molar-refractivity contribution in [2.24, 2.45) is 17.8 Å². The summed E-state index contributed by atoms with van der Waals surface area (Å²) in [5, 5.41) is 1.98. The number of amides is 2. The van der Waals surface area contributed by atoms with Gasteiger partial charge in [-0.1, -0.05) is 84.9 Å². The first-order chi connectivity index (χ1) is 18.0. The largest absolute Gasteiger partial charge is 0.425 e. The van der Waals surface area contributed by atoms with Crippen LogP contribution in [0, 0.1) is 24.7 Å². The molecule has 0 spiro atoms. The molecule has 4 aromatic carbocycles. The Morgan fingerprint density at radius 3 is 2.24 bits per heavy atom. The van der Waals surface area contributed by atoms with E-state index in [-0.39, 0.29) is 17.7 Å². The fourth-order valence-corrected chi connectivity index (χ4v) is 6.38. The van der Waals surface area contributed by atoms with Gasteiger partial charge >= 0.3 is 5.97 Å². The van der Waals surface area contributed by atoms with Crippen molar-refractivity contribution in [3.8, 4) is 5.75 Å². The highest BCUT2D eigenvalue weighted by molar-refractivity contribution is 6.25. The highest BCUT2D eigenvalue weighted by Crippen LogP contribution is 2.55. The summed E-state index contributed by atoms with van der Waals surface area (Å²) in [6.45, 7) is 1.88. The van der Waals surface area contributed by atoms with Crippen LogP contribution < -0.4 is 9.64 Å². The minimum Gasteiger partial charge on any atom is -0.425 e. The number of esters is 1. The topological polar surface area (TPSA) is 63.7 Å². The van der Waals surface area contributed by atoms with Gasteiger partial charge in [-0.15, -0.1) is 0 Å². The second-order valence-electron chi connectivity index (χ2n) is 9.97. The third-order valence-corrected chi connectivity index (χ3v) is 8.02. The summed E-state index contributed by atoms with van der Waals surface area (Å²) in [4.78, 5) is 43.0. The van der Waals surface area contributed by atoms with E-state index in [0.29, 0.717) is 11.4 Å². The number of nitrogens with zero attached hydrogens (tertiary/aromatic N) is 1. The van der Waals surface area contributed by atoms with Crippen LogP contribution in [0.4, 0.5) is 5.69 Å². The molecule has 2 heterocycles. The van der Waals surface area contributed by atoms with Crippen LogP contribution in [-0.2, 0) is 14.4 Å². The number of carbonyl (C=O) groups is 3. The van der Waals surface area contributed by atoms with Crippen molar-refractivity contribution in [3.63, 3.8) is 0 Å². The molecule has 4 atom stereocenters. The Balaban J connectivity index is 1.48. The first-order valence-corrected chi connectivity index (χ1v) is 12.5. The van der Waals surface area contributed by atoms with Crippen LogP contribution in [0.1, 0.15) is 22.6 Å². The smallest absolute Gasteiger partial charge is 0.319 e. The van der Waals surface area contributed by atoms with Crippen molar-refractivity contribution >= 4 is 39.8 Å². The predicted octanol–water partition coefficient (Wildman–Crippen LogP) is 5.67. The Kier molecular flexibility index (Phi) is 4.70. The second-order valence-corrected chi connectivity index (χ2v) is 9.97. The van der Waals surface area contributed by atoms with Crippen LogP contribution in [0.25, 0.3) is 16.3 Å². The first-order valence-electron chi connectivity index (χ1n) is 12.5. The van der Waals surface area contributed by atoms with Gasteiger partial charge in [-0.25, -0.2) is 4.90 Å². The van der Waals surface area contributed by atoms with E-state index in [2.05, 4.69) is 0 Å². The zero-order chi connectivity index (χ0) is 25.3. The molecule has 2 aliphatic heterocycles. The molecule has 5 nitrogen and oxygen atoms in total. The molecule has 0 radical (unpaired) electrons. The summed E-state index contributed by atoms with van der Waals surface area (Å²) < 4.78 is 5.85. The van der Waals surface area contributed by atoms with E-state index in [1.54, 1.807) is 6.07 Å². The van der Waals surface area contributed by atoms with Crippen molar-refractivity contribution in [2.45, 2.75) is 12.8 Å². The number of rotatable bonds is 2. The van der Waals surface area contributed by atoms with Crippen LogP contribution >= 0.6 is 0 Å². The molecule has 0 aromatic heterocycles. The lowest BCUT2D eigenvalue weighted by atomic mass is 9.64. The molecule has 0 unspecified atom stereocenters. The van der Waals surface area contributed by atoms with Crippen molar-refractivity contribution in [2.75, 3.05) is 4.90 Å². The van der Waals surface area contributed by atoms with Gasteiger partial charge in [-0.05, 0) is 46.5 Å². The number of allylic oxidation sites excluding steroid dienone is 1. The quantitative estimate of drug-likeness (QED) is 0.209. The number of carbonyl (C=O) groups excluding carboxylic acids is 3. The summed E-state index contributed by atoms with van der Waals surface area (Å²) in [5.74, 6) is -3.38. The molecule has 1 aliphatic carbocycles. The van der Waals surface area contributed by atoms with Gasteiger partial charge in [0.15, 0.2) is 0 Å². The monoisotopic (exact) mass is 485 g/mol. The van der Waals surface area contributed by atoms with Gasteiger partial charge in [-0.2, -0.15) is 0 Å². The molecule has 1 fully saturated rings. The Morgan fingerprint density at radius 2 is 1.43 bits per heavy atom. The van der Waals surface area contributed by atoms with Gasteiger partial charge in [0.2, 0.25) is 11.8 Å². The van der Waals surface area contributed by atoms with Crippen LogP contribution in [0.15, 0.2) is 97.1 Å². The highest BCUT2D eigenvalue weighted by atomic mass is 16.5. The number of imide groups is 1. The average molecular weight is 486 g/mol. The van der Waals surface area contributed by atoms with Crippen molar-refractivity contribution in [1.82, 2.24) is 0 Å². The minimum atomic E-state index is -0.853. The van der Waals surface area contributed by atoms with Gasteiger partial charge in [0, 0.05) is 11.5 Å². The van der Waals surface area contributed by atoms with E-state index in [0.717, 1.165) is 33.0 Å². The number of ether oxygens (including phenoxy) is 1. The molecule has 4 aromatic rings. The van der Waals surface area contributed by atoms with Crippen molar-refractivity contribution in [1.29, 1.82) is 0 Å². The standard InChI is InChI=1S/C32H23NO4/c1-18-9-5-8-14-24(18)33-30(34)27-22(19-10-3-2-4-11-19)17-23-26-21-13-7-6-12-20(21)15-16-25(26)37-32(36)28(23)29(27)31(33)35/h2-17,22,27-29H,1H3/t22-,27+,28-,29+/m1/s1. The van der Waals surface area contributed by atoms with Crippen LogP contribution in [0.5, 0.6) is 5.75 Å². The van der Waals surface area contributed by atoms with E-state index >= 15 is 0 Å². The Morgan fingerprint density at radius 1 is 0.730 bits per heavy atom. The summed E-state index contributed by atoms with van der Waals surface area (Å²) in [6, 6.07) is 28.9. The van der Waals surface area contributed by atoms with E-state index in [1.807, 2.05) is 97.9 Å². The Bertz CT molecular complexity index is 1650. The van der Waals surface area contributed by atoms with Crippen molar-refractivity contribution < 1.29 is 19.1 Å². The van der Waals surface area contributed by atoms with Gasteiger partial charge in [-0.3, -0.25) is 14.4 Å². The molecule has 7 rings (SSSR count). The highest BCUT2D eigenvalue weighted by Gasteiger charge is 2.60. The van der Waals surface area contributed by atoms with Gasteiger partial charge in [0.25, 0.3) is 0 Å². The molecule has 180 valence electrons. The number of para-hydroxylation sites is 1. The first kappa shape index (κ1) is 21.7. The van der Waals surface area contributed by atoms with Crippen LogP contribution in [-0.4, -0.2) is 17.8 Å². The Hall–Kier alpha value is -4.51. The average Bonchev–Trinajstić information content (AvgIpc) is 3.18. The van der Waals surface area contributed by atoms with Gasteiger partial charge in [0.05, 0.1) is 23.4 Å². The zero-order valence-electron chi connectivity index (χ0n) is 20.1. The lowest BCUT2D eigenvalue weighted by Gasteiger charge is -2.38. The second kappa shape index (κ2) is 8.00. The summed E-state index contributed by atoms with van der Waals surface area (Å²) >= 11 is 0. The summed E-state index contributed by atoms with van der Waals surface area (Å²) in [6.07, 6.45) is 2.04. The van der Waals surface area contributed by atoms with Crippen LogP contribution in [0.3, 0.4) is 0 Å². The Labute approximate surface area is 214 Å². The minimum absolute atomic E-state index is 0.273. The predicted molar refractivity (Wildman–Crippen MR) is 141 cm³/mol. The number of aryl methyl sites for hydroxylation is 1. The molecule has 0 bridgehead atoms. The molecule has 5 heteroatoms. The van der Waals surface area contributed by atoms with E-state index < -0.39 is 23.7 Å². The maximum Gasteiger partial charge on any atom is 0.319 e. The lowest BCUT2D eigenvalue weighted by molar-refractivity contribution is -0.142. The summed E-state index contributed by atoms with van der Waals surface area (Å²) in [7, 11) is 0. The number of benzene rings is 4. The van der Waals surface area contributed by atoms with E-state index in [9.17, 15) is 14.4 Å². The number of anilines is 1. The van der Waals surface area contributed by atoms with E-state index in [1.165, 1.54) is 4.90 Å². The van der Waals surface area contributed by atoms with Crippen LogP contribution in [0.2, 0.25) is 0 Å². The molecule has 3 aliphatic rings. The number of hydrogen-bond donors (Lipinski definition) is 0. The van der Waals surface area contributed by atoms with Gasteiger partial charge < -0.3 is 4.74 Å². The molecule has 0 N–H and O–H groups in total.